The van der Waals surface area contributed by atoms with E-state index in [4.69, 9.17) is 0 Å². The zero-order chi connectivity index (χ0) is 13.2. The molecule has 19 heavy (non-hydrogen) atoms. The van der Waals surface area contributed by atoms with Crippen molar-refractivity contribution in [2.75, 3.05) is 0 Å². The molecular formula is C14H14N4O. The summed E-state index contributed by atoms with van der Waals surface area (Å²) in [6.45, 7) is 0. The third kappa shape index (κ3) is 2.32. The predicted octanol–water partition coefficient (Wildman–Crippen LogP) is 1.64. The molecule has 5 heteroatoms. The minimum Gasteiger partial charge on any atom is -0.388 e. The summed E-state index contributed by atoms with van der Waals surface area (Å²) in [4.78, 5) is 4.35. The summed E-state index contributed by atoms with van der Waals surface area (Å²) >= 11 is 0. The summed E-state index contributed by atoms with van der Waals surface area (Å²) in [5.74, 6) is 0. The second kappa shape index (κ2) is 4.78. The van der Waals surface area contributed by atoms with Gasteiger partial charge >= 0.3 is 0 Å². The van der Waals surface area contributed by atoms with Crippen LogP contribution in [0, 0.1) is 0 Å². The van der Waals surface area contributed by atoms with Crippen molar-refractivity contribution in [1.29, 1.82) is 0 Å². The summed E-state index contributed by atoms with van der Waals surface area (Å²) in [5, 5.41) is 19.2. The van der Waals surface area contributed by atoms with Gasteiger partial charge in [-0.1, -0.05) is 29.5 Å². The van der Waals surface area contributed by atoms with Gasteiger partial charge in [0.15, 0.2) is 0 Å². The van der Waals surface area contributed by atoms with Crippen molar-refractivity contribution >= 4 is 10.9 Å². The first-order valence-electron chi connectivity index (χ1n) is 6.11. The molecule has 2 aromatic heterocycles. The Morgan fingerprint density at radius 1 is 1.26 bits per heavy atom. The van der Waals surface area contributed by atoms with E-state index in [9.17, 15) is 5.11 Å². The van der Waals surface area contributed by atoms with Crippen molar-refractivity contribution in [3.05, 3.63) is 54.0 Å². The second-order valence-electron chi connectivity index (χ2n) is 4.53. The molecule has 0 spiro atoms. The Morgan fingerprint density at radius 2 is 2.11 bits per heavy atom. The Balaban J connectivity index is 1.95. The van der Waals surface area contributed by atoms with Crippen LogP contribution in [0.2, 0.25) is 0 Å². The van der Waals surface area contributed by atoms with Crippen LogP contribution in [0.3, 0.4) is 0 Å². The average molecular weight is 254 g/mol. The second-order valence-corrected chi connectivity index (χ2v) is 4.53. The van der Waals surface area contributed by atoms with E-state index in [1.54, 1.807) is 10.9 Å². The lowest BCUT2D eigenvalue weighted by atomic mass is 10.0. The number of rotatable bonds is 3. The molecule has 2 heterocycles. The van der Waals surface area contributed by atoms with Gasteiger partial charge in [0.25, 0.3) is 0 Å². The molecular weight excluding hydrogens is 240 g/mol. The Bertz CT molecular complexity index is 702. The van der Waals surface area contributed by atoms with Crippen LogP contribution >= 0.6 is 0 Å². The maximum atomic E-state index is 10.4. The first kappa shape index (κ1) is 11.8. The number of aliphatic hydroxyl groups is 1. The highest BCUT2D eigenvalue weighted by Gasteiger charge is 2.14. The number of fused-ring (bicyclic) bond motifs is 1. The first-order chi connectivity index (χ1) is 9.24. The monoisotopic (exact) mass is 254 g/mol. The standard InChI is InChI=1S/C14H14N4O/c1-18-9-11(16-17-18)8-13(19)12-6-2-4-10-5-3-7-15-14(10)12/h2-7,9,13,19H,8H2,1H3. The Hall–Kier alpha value is -2.27. The van der Waals surface area contributed by atoms with E-state index in [0.717, 1.165) is 22.2 Å². The van der Waals surface area contributed by atoms with Crippen molar-refractivity contribution in [3.63, 3.8) is 0 Å². The normalized spacial score (nSPS) is 12.7. The van der Waals surface area contributed by atoms with Crippen LogP contribution in [-0.4, -0.2) is 25.1 Å². The van der Waals surface area contributed by atoms with Gasteiger partial charge in [0.2, 0.25) is 0 Å². The Labute approximate surface area is 110 Å². The van der Waals surface area contributed by atoms with Crippen LogP contribution < -0.4 is 0 Å². The number of para-hydroxylation sites is 1. The van der Waals surface area contributed by atoms with Crippen LogP contribution in [0.25, 0.3) is 10.9 Å². The van der Waals surface area contributed by atoms with E-state index in [2.05, 4.69) is 15.3 Å². The number of aryl methyl sites for hydroxylation is 1. The molecule has 0 fully saturated rings. The third-order valence-corrected chi connectivity index (χ3v) is 3.08. The van der Waals surface area contributed by atoms with Gasteiger partial charge in [0, 0.05) is 36.8 Å². The largest absolute Gasteiger partial charge is 0.388 e. The summed E-state index contributed by atoms with van der Waals surface area (Å²) in [7, 11) is 1.81. The molecule has 1 atom stereocenters. The number of aliphatic hydroxyl groups excluding tert-OH is 1. The molecule has 1 N–H and O–H groups in total. The average Bonchev–Trinajstić information content (AvgIpc) is 2.83. The highest BCUT2D eigenvalue weighted by atomic mass is 16.3. The smallest absolute Gasteiger partial charge is 0.0867 e. The maximum Gasteiger partial charge on any atom is 0.0867 e. The van der Waals surface area contributed by atoms with Gasteiger partial charge in [-0.15, -0.1) is 5.10 Å². The molecule has 96 valence electrons. The summed E-state index contributed by atoms with van der Waals surface area (Å²) < 4.78 is 1.63. The van der Waals surface area contributed by atoms with Gasteiger partial charge in [-0.25, -0.2) is 0 Å². The van der Waals surface area contributed by atoms with E-state index in [1.165, 1.54) is 0 Å². The highest BCUT2D eigenvalue weighted by molar-refractivity contribution is 5.81. The van der Waals surface area contributed by atoms with Gasteiger partial charge < -0.3 is 5.11 Å². The van der Waals surface area contributed by atoms with Crippen LogP contribution in [-0.2, 0) is 13.5 Å². The van der Waals surface area contributed by atoms with Crippen molar-refractivity contribution < 1.29 is 5.11 Å². The molecule has 0 saturated carbocycles. The molecule has 0 aliphatic rings. The third-order valence-electron chi connectivity index (χ3n) is 3.08. The molecule has 1 aromatic carbocycles. The Morgan fingerprint density at radius 3 is 2.89 bits per heavy atom. The predicted molar refractivity (Wildman–Crippen MR) is 71.4 cm³/mol. The van der Waals surface area contributed by atoms with Crippen molar-refractivity contribution in [3.8, 4) is 0 Å². The molecule has 3 rings (SSSR count). The lowest BCUT2D eigenvalue weighted by Gasteiger charge is -2.11. The van der Waals surface area contributed by atoms with E-state index in [0.29, 0.717) is 6.42 Å². The number of hydrogen-bond acceptors (Lipinski definition) is 4. The summed E-state index contributed by atoms with van der Waals surface area (Å²) in [5.41, 5.74) is 2.42. The zero-order valence-electron chi connectivity index (χ0n) is 10.6. The minimum atomic E-state index is -0.629. The molecule has 0 aliphatic heterocycles. The fourth-order valence-electron chi connectivity index (χ4n) is 2.19. The van der Waals surface area contributed by atoms with Crippen molar-refractivity contribution in [2.45, 2.75) is 12.5 Å². The van der Waals surface area contributed by atoms with Gasteiger partial charge in [-0.05, 0) is 6.07 Å². The number of hydrogen-bond donors (Lipinski definition) is 1. The van der Waals surface area contributed by atoms with Crippen LogP contribution in [0.1, 0.15) is 17.4 Å². The fraction of sp³-hybridized carbons (Fsp3) is 0.214. The Kier molecular flexibility index (Phi) is 2.97. The van der Waals surface area contributed by atoms with Gasteiger partial charge in [-0.3, -0.25) is 9.67 Å². The molecule has 0 amide bonds. The highest BCUT2D eigenvalue weighted by Crippen LogP contribution is 2.24. The molecule has 0 radical (unpaired) electrons. The molecule has 0 saturated heterocycles. The van der Waals surface area contributed by atoms with E-state index < -0.39 is 6.10 Å². The minimum absolute atomic E-state index is 0.434. The molecule has 5 nitrogen and oxygen atoms in total. The first-order valence-corrected chi connectivity index (χ1v) is 6.11. The SMILES string of the molecule is Cn1cc(CC(O)c2cccc3cccnc23)nn1. The van der Waals surface area contributed by atoms with Gasteiger partial charge in [-0.2, -0.15) is 0 Å². The molecule has 3 aromatic rings. The topological polar surface area (TPSA) is 63.8 Å². The number of aromatic nitrogens is 4. The van der Waals surface area contributed by atoms with E-state index in [-0.39, 0.29) is 0 Å². The van der Waals surface area contributed by atoms with E-state index >= 15 is 0 Å². The van der Waals surface area contributed by atoms with Crippen molar-refractivity contribution in [2.24, 2.45) is 7.05 Å². The summed E-state index contributed by atoms with van der Waals surface area (Å²) in [6, 6.07) is 9.69. The lowest BCUT2D eigenvalue weighted by molar-refractivity contribution is 0.178. The van der Waals surface area contributed by atoms with Crippen LogP contribution in [0.5, 0.6) is 0 Å². The number of benzene rings is 1. The molecule has 0 aliphatic carbocycles. The quantitative estimate of drug-likeness (QED) is 0.771. The van der Waals surface area contributed by atoms with Crippen LogP contribution in [0.15, 0.2) is 42.7 Å². The van der Waals surface area contributed by atoms with Crippen molar-refractivity contribution in [1.82, 2.24) is 20.0 Å². The van der Waals surface area contributed by atoms with E-state index in [1.807, 2.05) is 43.6 Å². The van der Waals surface area contributed by atoms with Gasteiger partial charge in [0.05, 0.1) is 17.3 Å². The molecule has 0 bridgehead atoms. The fourth-order valence-corrected chi connectivity index (χ4v) is 2.19. The van der Waals surface area contributed by atoms with Gasteiger partial charge in [0.1, 0.15) is 0 Å². The number of pyridine rings is 1. The lowest BCUT2D eigenvalue weighted by Crippen LogP contribution is -2.03. The maximum absolute atomic E-state index is 10.4. The van der Waals surface area contributed by atoms with Crippen LogP contribution in [0.4, 0.5) is 0 Å². The summed E-state index contributed by atoms with van der Waals surface area (Å²) in [6.07, 6.45) is 3.35. The number of nitrogens with zero attached hydrogens (tertiary/aromatic N) is 4. The zero-order valence-corrected chi connectivity index (χ0v) is 10.6. The molecule has 1 unspecified atom stereocenters.